The number of H-pyrrole nitrogens is 1. The van der Waals surface area contributed by atoms with Crippen molar-refractivity contribution in [3.8, 4) is 0 Å². The van der Waals surface area contributed by atoms with E-state index < -0.39 is 0 Å². The number of oxazole rings is 1. The Morgan fingerprint density at radius 3 is 3.00 bits per heavy atom. The van der Waals surface area contributed by atoms with E-state index in [0.29, 0.717) is 5.35 Å². The van der Waals surface area contributed by atoms with Gasteiger partial charge >= 0.3 is 5.63 Å². The maximum Gasteiger partial charge on any atom is 0.361 e. The van der Waals surface area contributed by atoms with Gasteiger partial charge in [0.05, 0.1) is 0 Å². The van der Waals surface area contributed by atoms with E-state index >= 15 is 0 Å². The molecule has 2 aromatic rings. The van der Waals surface area contributed by atoms with Crippen LogP contribution in [-0.2, 0) is 0 Å². The molecule has 2 aromatic heterocycles. The molecule has 0 amide bonds. The number of aromatic nitrogens is 1. The van der Waals surface area contributed by atoms with E-state index in [1.165, 1.54) is 0 Å². The minimum Gasteiger partial charge on any atom is -0.405 e. The summed E-state index contributed by atoms with van der Waals surface area (Å²) in [6, 6.07) is 3.85. The highest BCUT2D eigenvalue weighted by molar-refractivity contribution is 7.10. The number of nitrogens with one attached hydrogen (secondary N) is 1. The van der Waals surface area contributed by atoms with Gasteiger partial charge in [-0.15, -0.1) is 11.3 Å². The molecule has 2 rings (SSSR count). The zero-order chi connectivity index (χ0) is 9.26. The van der Waals surface area contributed by atoms with Crippen molar-refractivity contribution in [2.45, 2.75) is 0 Å². The van der Waals surface area contributed by atoms with Gasteiger partial charge in [0.2, 0.25) is 0 Å². The topological polar surface area (TPSA) is 46.0 Å². The van der Waals surface area contributed by atoms with Gasteiger partial charge < -0.3 is 9.40 Å². The lowest BCUT2D eigenvalue weighted by Crippen LogP contribution is -2.20. The average molecular weight is 193 g/mol. The summed E-state index contributed by atoms with van der Waals surface area (Å²) in [5, 5.41) is 2.38. The van der Waals surface area contributed by atoms with Crippen LogP contribution in [0.5, 0.6) is 0 Å². The van der Waals surface area contributed by atoms with E-state index in [2.05, 4.69) is 11.6 Å². The second kappa shape index (κ2) is 3.06. The summed E-state index contributed by atoms with van der Waals surface area (Å²) < 4.78 is 4.71. The first-order valence-corrected chi connectivity index (χ1v) is 4.57. The Kier molecular flexibility index (Phi) is 1.90. The van der Waals surface area contributed by atoms with Crippen molar-refractivity contribution < 1.29 is 4.42 Å². The van der Waals surface area contributed by atoms with Gasteiger partial charge in [0.1, 0.15) is 5.35 Å². The second-order valence-corrected chi connectivity index (χ2v) is 3.49. The maximum atomic E-state index is 11.1. The molecule has 0 aliphatic carbocycles. The van der Waals surface area contributed by atoms with Gasteiger partial charge in [-0.05, 0) is 24.1 Å². The molecule has 2 heterocycles. The fourth-order valence-corrected chi connectivity index (χ4v) is 1.66. The van der Waals surface area contributed by atoms with Crippen LogP contribution in [0.15, 0.2) is 26.7 Å². The molecule has 0 fully saturated rings. The van der Waals surface area contributed by atoms with Crippen molar-refractivity contribution in [3.63, 3.8) is 0 Å². The molecule has 0 bridgehead atoms. The van der Waals surface area contributed by atoms with Crippen molar-refractivity contribution in [1.29, 1.82) is 0 Å². The van der Waals surface area contributed by atoms with Crippen molar-refractivity contribution in [2.75, 3.05) is 0 Å². The molecular weight excluding hydrogens is 186 g/mol. The van der Waals surface area contributed by atoms with Crippen LogP contribution in [-0.4, -0.2) is 4.98 Å². The Bertz CT molecular complexity index is 547. The molecule has 0 aromatic carbocycles. The zero-order valence-electron chi connectivity index (χ0n) is 6.74. The number of thiophene rings is 1. The number of hydrogen-bond donors (Lipinski definition) is 1. The Hall–Kier alpha value is -1.55. The van der Waals surface area contributed by atoms with Crippen molar-refractivity contribution in [2.24, 2.45) is 0 Å². The van der Waals surface area contributed by atoms with E-state index in [1.807, 2.05) is 17.5 Å². The lowest BCUT2D eigenvalue weighted by atomic mass is 10.4. The van der Waals surface area contributed by atoms with E-state index in [-0.39, 0.29) is 11.2 Å². The molecule has 0 saturated heterocycles. The van der Waals surface area contributed by atoms with Crippen molar-refractivity contribution >= 4 is 24.0 Å². The molecule has 4 heteroatoms. The Morgan fingerprint density at radius 1 is 1.62 bits per heavy atom. The Morgan fingerprint density at radius 2 is 2.46 bits per heavy atom. The highest BCUT2D eigenvalue weighted by Gasteiger charge is 1.94. The average Bonchev–Trinajstić information content (AvgIpc) is 2.63. The summed E-state index contributed by atoms with van der Waals surface area (Å²) in [6.07, 6.45) is 1.74. The summed E-state index contributed by atoms with van der Waals surface area (Å²) in [7, 11) is 0. The Labute approximate surface area is 77.7 Å². The summed E-state index contributed by atoms with van der Waals surface area (Å²) in [5.41, 5.74) is -0.0915. The van der Waals surface area contributed by atoms with Gasteiger partial charge in [0, 0.05) is 4.88 Å². The van der Waals surface area contributed by atoms with E-state index in [4.69, 9.17) is 4.42 Å². The third kappa shape index (κ3) is 1.62. The first kappa shape index (κ1) is 8.07. The van der Waals surface area contributed by atoms with E-state index in [9.17, 15) is 4.79 Å². The lowest BCUT2D eigenvalue weighted by molar-refractivity contribution is 0.488. The summed E-state index contributed by atoms with van der Waals surface area (Å²) in [6.45, 7) is 3.49. The smallest absolute Gasteiger partial charge is 0.361 e. The first-order chi connectivity index (χ1) is 6.25. The van der Waals surface area contributed by atoms with Gasteiger partial charge in [-0.1, -0.05) is 6.07 Å². The molecule has 0 radical (unpaired) electrons. The van der Waals surface area contributed by atoms with Gasteiger partial charge in [0.25, 0.3) is 0 Å². The van der Waals surface area contributed by atoms with E-state index in [1.54, 1.807) is 17.4 Å². The summed E-state index contributed by atoms with van der Waals surface area (Å²) in [5.74, 6) is 0. The standard InChI is InChI=1S/C9H7NO2S/c1-6-10-8(9(11)12-6)5-7-3-2-4-13-7/h2-5,10H,1H2. The molecule has 0 aliphatic rings. The van der Waals surface area contributed by atoms with Crippen LogP contribution in [0.25, 0.3) is 12.7 Å². The van der Waals surface area contributed by atoms with Crippen LogP contribution in [0.4, 0.5) is 0 Å². The minimum atomic E-state index is -0.376. The second-order valence-electron chi connectivity index (χ2n) is 2.51. The molecule has 0 unspecified atom stereocenters. The van der Waals surface area contributed by atoms with Gasteiger partial charge in [-0.2, -0.15) is 0 Å². The first-order valence-electron chi connectivity index (χ1n) is 3.69. The quantitative estimate of drug-likeness (QED) is 0.706. The predicted molar refractivity (Wildman–Crippen MR) is 52.0 cm³/mol. The molecule has 1 N–H and O–H groups in total. The molecule has 0 saturated carbocycles. The van der Waals surface area contributed by atoms with Gasteiger partial charge in [0.15, 0.2) is 5.55 Å². The largest absolute Gasteiger partial charge is 0.405 e. The molecule has 0 aliphatic heterocycles. The van der Waals surface area contributed by atoms with E-state index in [0.717, 1.165) is 4.88 Å². The third-order valence-electron chi connectivity index (χ3n) is 1.54. The maximum absolute atomic E-state index is 11.1. The molecule has 66 valence electrons. The van der Waals surface area contributed by atoms with Gasteiger partial charge in [-0.3, -0.25) is 0 Å². The van der Waals surface area contributed by atoms with Gasteiger partial charge in [-0.25, -0.2) is 4.79 Å². The van der Waals surface area contributed by atoms with Crippen LogP contribution in [0.3, 0.4) is 0 Å². The predicted octanol–water partition coefficient (Wildman–Crippen LogP) is 0.268. The van der Waals surface area contributed by atoms with Crippen LogP contribution < -0.4 is 16.5 Å². The van der Waals surface area contributed by atoms with Crippen LogP contribution in [0.2, 0.25) is 0 Å². The number of aromatic amines is 1. The van der Waals surface area contributed by atoms with Crippen LogP contribution >= 0.6 is 11.3 Å². The minimum absolute atomic E-state index is 0.285. The lowest BCUT2D eigenvalue weighted by Gasteiger charge is -1.76. The fourth-order valence-electron chi connectivity index (χ4n) is 1.00. The molecule has 0 atom stereocenters. The summed E-state index contributed by atoms with van der Waals surface area (Å²) in [4.78, 5) is 14.9. The molecule has 13 heavy (non-hydrogen) atoms. The highest BCUT2D eigenvalue weighted by atomic mass is 32.1. The van der Waals surface area contributed by atoms with Crippen molar-refractivity contribution in [1.82, 2.24) is 4.98 Å². The third-order valence-corrected chi connectivity index (χ3v) is 2.36. The number of hydrogen-bond acceptors (Lipinski definition) is 3. The molecule has 0 spiro atoms. The summed E-state index contributed by atoms with van der Waals surface area (Å²) >= 11 is 1.56. The van der Waals surface area contributed by atoms with Crippen LogP contribution in [0, 0.1) is 0 Å². The highest BCUT2D eigenvalue weighted by Crippen LogP contribution is 2.07. The fraction of sp³-hybridized carbons (Fsp3) is 0. The molecular formula is C9H7NO2S. The van der Waals surface area contributed by atoms with Crippen molar-refractivity contribution in [3.05, 3.63) is 43.7 Å². The number of rotatable bonds is 1. The monoisotopic (exact) mass is 193 g/mol. The Balaban J connectivity index is 2.64. The normalized spacial score (nSPS) is 12.2. The molecule has 3 nitrogen and oxygen atoms in total. The van der Waals surface area contributed by atoms with Crippen LogP contribution in [0.1, 0.15) is 4.88 Å². The SMILES string of the molecule is C=c1[nH]c(=Cc2cccs2)c(=O)o1. The zero-order valence-corrected chi connectivity index (χ0v) is 7.56.